The third kappa shape index (κ3) is 4.48. The molecular weight excluding hydrogens is 366 g/mol. The monoisotopic (exact) mass is 385 g/mol. The highest BCUT2D eigenvalue weighted by Gasteiger charge is 2.11. The fourth-order valence-electron chi connectivity index (χ4n) is 2.24. The van der Waals surface area contributed by atoms with E-state index in [4.69, 9.17) is 10.00 Å². The highest BCUT2D eigenvalue weighted by atomic mass is 32.2. The second-order valence-electron chi connectivity index (χ2n) is 4.90. The number of ether oxygens (including phenoxy) is 1. The van der Waals surface area contributed by atoms with Gasteiger partial charge in [0.25, 0.3) is 5.19 Å². The molecule has 0 saturated carbocycles. The summed E-state index contributed by atoms with van der Waals surface area (Å²) in [6.45, 7) is 6.33. The van der Waals surface area contributed by atoms with E-state index < -0.39 is 0 Å². The molecule has 0 fully saturated rings. The van der Waals surface area contributed by atoms with Crippen LogP contribution in [0.2, 0.25) is 0 Å². The zero-order chi connectivity index (χ0) is 18.9. The molecule has 2 heterocycles. The van der Waals surface area contributed by atoms with Crippen LogP contribution in [0.3, 0.4) is 0 Å². The van der Waals surface area contributed by atoms with Gasteiger partial charge in [-0.15, -0.1) is 0 Å². The van der Waals surface area contributed by atoms with Crippen LogP contribution in [-0.4, -0.2) is 16.6 Å². The Hall–Kier alpha value is -2.68. The first-order valence-corrected chi connectivity index (χ1v) is 9.75. The molecule has 134 valence electrons. The van der Waals surface area contributed by atoms with Crippen LogP contribution < -0.4 is 9.46 Å². The number of thiazole rings is 1. The minimum Gasteiger partial charge on any atom is -0.469 e. The van der Waals surface area contributed by atoms with E-state index in [1.807, 2.05) is 39.0 Å². The third-order valence-electron chi connectivity index (χ3n) is 3.33. The molecule has 1 aromatic carbocycles. The number of benzene rings is 1. The fraction of sp³-hybridized carbons (Fsp3) is 0.278. The highest BCUT2D eigenvalue weighted by molar-refractivity contribution is 8.02. The van der Waals surface area contributed by atoms with Crippen molar-refractivity contribution in [1.29, 1.82) is 10.5 Å². The molecule has 0 spiro atoms. The Kier molecular flexibility index (Phi) is 7.34. The van der Waals surface area contributed by atoms with Gasteiger partial charge in [-0.25, -0.2) is 4.98 Å². The van der Waals surface area contributed by atoms with Crippen LogP contribution in [0.15, 0.2) is 28.7 Å². The second-order valence-corrected chi connectivity index (χ2v) is 7.00. The first-order chi connectivity index (χ1) is 12.7. The van der Waals surface area contributed by atoms with Crippen molar-refractivity contribution in [1.82, 2.24) is 9.97 Å². The Balaban J connectivity index is 0.00000117. The average molecular weight is 386 g/mol. The van der Waals surface area contributed by atoms with Gasteiger partial charge in [-0.1, -0.05) is 31.3 Å². The summed E-state index contributed by atoms with van der Waals surface area (Å²) in [6.07, 6.45) is 3.79. The molecule has 3 rings (SSSR count). The summed E-state index contributed by atoms with van der Waals surface area (Å²) in [4.78, 5) is 7.33. The van der Waals surface area contributed by atoms with E-state index in [2.05, 4.69) is 20.8 Å². The van der Waals surface area contributed by atoms with Crippen LogP contribution in [0.1, 0.15) is 31.4 Å². The van der Waals surface area contributed by atoms with E-state index >= 15 is 0 Å². The third-order valence-corrected chi connectivity index (χ3v) is 5.16. The summed E-state index contributed by atoms with van der Waals surface area (Å²) in [7, 11) is 0. The average Bonchev–Trinajstić information content (AvgIpc) is 3.30. The fourth-order valence-corrected chi connectivity index (χ4v) is 3.76. The van der Waals surface area contributed by atoms with Crippen LogP contribution in [0.25, 0.3) is 10.9 Å². The quantitative estimate of drug-likeness (QED) is 0.445. The number of rotatable bonds is 6. The minimum absolute atomic E-state index is 0.343. The molecule has 3 aromatic rings. The summed E-state index contributed by atoms with van der Waals surface area (Å²) in [6, 6.07) is 8.20. The first-order valence-electron chi connectivity index (χ1n) is 8.12. The SMILES string of the molecule is CC.Cc1ccc(NSc2cnc(OCCC#N)s2)c2[nH]cc(C#N)c12. The van der Waals surface area contributed by atoms with E-state index in [-0.39, 0.29) is 0 Å². The van der Waals surface area contributed by atoms with E-state index in [1.165, 1.54) is 23.3 Å². The number of nitrogens with one attached hydrogen (secondary N) is 2. The number of nitriles is 2. The summed E-state index contributed by atoms with van der Waals surface area (Å²) < 4.78 is 9.62. The molecule has 26 heavy (non-hydrogen) atoms. The lowest BCUT2D eigenvalue weighted by Crippen LogP contribution is -1.94. The van der Waals surface area contributed by atoms with Gasteiger partial charge in [0.15, 0.2) is 0 Å². The Morgan fingerprint density at radius 3 is 2.88 bits per heavy atom. The molecule has 6 nitrogen and oxygen atoms in total. The van der Waals surface area contributed by atoms with Gasteiger partial charge in [0.1, 0.15) is 16.9 Å². The summed E-state index contributed by atoms with van der Waals surface area (Å²) in [5.74, 6) is 0. The molecule has 0 atom stereocenters. The summed E-state index contributed by atoms with van der Waals surface area (Å²) >= 11 is 2.85. The molecule has 2 N–H and O–H groups in total. The normalized spacial score (nSPS) is 9.73. The van der Waals surface area contributed by atoms with Gasteiger partial charge in [0.2, 0.25) is 0 Å². The number of hydrogen-bond acceptors (Lipinski definition) is 7. The largest absolute Gasteiger partial charge is 0.469 e. The zero-order valence-electron chi connectivity index (χ0n) is 14.8. The van der Waals surface area contributed by atoms with Crippen LogP contribution >= 0.6 is 23.3 Å². The molecule has 0 aliphatic rings. The number of H-pyrrole nitrogens is 1. The maximum absolute atomic E-state index is 9.20. The van der Waals surface area contributed by atoms with E-state index in [0.29, 0.717) is 23.8 Å². The second kappa shape index (κ2) is 9.71. The lowest BCUT2D eigenvalue weighted by atomic mass is 10.1. The van der Waals surface area contributed by atoms with Gasteiger partial charge in [-0.3, -0.25) is 0 Å². The molecule has 0 bridgehead atoms. The maximum atomic E-state index is 9.20. The van der Waals surface area contributed by atoms with Crippen molar-refractivity contribution in [3.05, 3.63) is 35.7 Å². The van der Waals surface area contributed by atoms with Crippen LogP contribution in [-0.2, 0) is 0 Å². The van der Waals surface area contributed by atoms with E-state index in [0.717, 1.165) is 26.4 Å². The van der Waals surface area contributed by atoms with Gasteiger partial charge in [0.05, 0.1) is 35.5 Å². The highest BCUT2D eigenvalue weighted by Crippen LogP contribution is 2.34. The molecule has 0 aliphatic heterocycles. The molecule has 2 aromatic heterocycles. The van der Waals surface area contributed by atoms with Crippen molar-refractivity contribution in [3.63, 3.8) is 0 Å². The van der Waals surface area contributed by atoms with Crippen molar-refractivity contribution >= 4 is 39.9 Å². The Labute approximate surface area is 161 Å². The van der Waals surface area contributed by atoms with Crippen molar-refractivity contribution in [2.75, 3.05) is 11.3 Å². The van der Waals surface area contributed by atoms with Gasteiger partial charge in [-0.2, -0.15) is 10.5 Å². The van der Waals surface area contributed by atoms with Crippen molar-refractivity contribution in [2.45, 2.75) is 31.4 Å². The molecular formula is C18H19N5OS2. The smallest absolute Gasteiger partial charge is 0.274 e. The Bertz CT molecular complexity index is 949. The molecule has 0 aliphatic carbocycles. The number of fused-ring (bicyclic) bond motifs is 1. The number of aryl methyl sites for hydroxylation is 1. The van der Waals surface area contributed by atoms with Crippen LogP contribution in [0.5, 0.6) is 5.19 Å². The Morgan fingerprint density at radius 1 is 1.35 bits per heavy atom. The molecule has 0 saturated heterocycles. The number of aromatic amines is 1. The van der Waals surface area contributed by atoms with E-state index in [1.54, 1.807) is 12.4 Å². The predicted molar refractivity (Wildman–Crippen MR) is 106 cm³/mol. The van der Waals surface area contributed by atoms with Gasteiger partial charge in [0, 0.05) is 11.6 Å². The summed E-state index contributed by atoms with van der Waals surface area (Å²) in [5.41, 5.74) is 3.52. The predicted octanol–water partition coefficient (Wildman–Crippen LogP) is 5.24. The topological polar surface area (TPSA) is 97.5 Å². The number of nitrogens with zero attached hydrogens (tertiary/aromatic N) is 3. The first kappa shape index (κ1) is 19.6. The maximum Gasteiger partial charge on any atom is 0.274 e. The zero-order valence-corrected chi connectivity index (χ0v) is 16.4. The molecule has 0 amide bonds. The van der Waals surface area contributed by atoms with Gasteiger partial charge < -0.3 is 14.4 Å². The number of anilines is 1. The molecule has 8 heteroatoms. The van der Waals surface area contributed by atoms with Crippen molar-refractivity contribution in [3.8, 4) is 17.3 Å². The number of aromatic nitrogens is 2. The van der Waals surface area contributed by atoms with Crippen LogP contribution in [0, 0.1) is 29.6 Å². The van der Waals surface area contributed by atoms with Crippen molar-refractivity contribution in [2.24, 2.45) is 0 Å². The van der Waals surface area contributed by atoms with Crippen molar-refractivity contribution < 1.29 is 4.74 Å². The standard InChI is InChI=1S/C16H13N5OS2.C2H6/c1-10-3-4-12(15-14(10)11(7-18)8-19-15)21-24-13-9-20-16(23-13)22-6-2-5-17;1-2/h3-4,8-9,19,21H,2,6H2,1H3;1-2H3. The molecule has 0 unspecified atom stereocenters. The number of hydrogen-bond donors (Lipinski definition) is 2. The van der Waals surface area contributed by atoms with E-state index in [9.17, 15) is 5.26 Å². The summed E-state index contributed by atoms with van der Waals surface area (Å²) in [5, 5.41) is 19.2. The lowest BCUT2D eigenvalue weighted by molar-refractivity contribution is 0.325. The lowest BCUT2D eigenvalue weighted by Gasteiger charge is -2.07. The Morgan fingerprint density at radius 2 is 2.15 bits per heavy atom. The van der Waals surface area contributed by atoms with Crippen LogP contribution in [0.4, 0.5) is 5.69 Å². The van der Waals surface area contributed by atoms with Gasteiger partial charge >= 0.3 is 0 Å². The minimum atomic E-state index is 0.343. The van der Waals surface area contributed by atoms with Gasteiger partial charge in [-0.05, 0) is 30.5 Å². The molecule has 0 radical (unpaired) electrons.